The van der Waals surface area contributed by atoms with Gasteiger partial charge in [-0.2, -0.15) is 4.37 Å². The molecule has 1 N–H and O–H groups in total. The maximum Gasteiger partial charge on any atom is 0.170 e. The Morgan fingerprint density at radius 2 is 2.05 bits per heavy atom. The van der Waals surface area contributed by atoms with Crippen LogP contribution in [0.4, 0.5) is 0 Å². The molecule has 0 aliphatic carbocycles. The summed E-state index contributed by atoms with van der Waals surface area (Å²) in [6.45, 7) is 5.19. The zero-order chi connectivity index (χ0) is 13.5. The van der Waals surface area contributed by atoms with Gasteiger partial charge in [0.15, 0.2) is 4.34 Å². The number of hydrogen-bond donors (Lipinski definition) is 1. The van der Waals surface area contributed by atoms with Gasteiger partial charge in [-0.15, -0.1) is 0 Å². The van der Waals surface area contributed by atoms with Gasteiger partial charge in [0, 0.05) is 18.2 Å². The van der Waals surface area contributed by atoms with Crippen LogP contribution < -0.4 is 5.32 Å². The predicted molar refractivity (Wildman–Crippen MR) is 82.9 cm³/mol. The van der Waals surface area contributed by atoms with Crippen molar-refractivity contribution in [2.24, 2.45) is 0 Å². The van der Waals surface area contributed by atoms with E-state index < -0.39 is 0 Å². The Kier molecular flexibility index (Phi) is 5.82. The first-order chi connectivity index (χ1) is 9.33. The molecular formula is C14H19N3S2. The van der Waals surface area contributed by atoms with E-state index in [9.17, 15) is 0 Å². The van der Waals surface area contributed by atoms with Crippen LogP contribution in [-0.2, 0) is 6.42 Å². The van der Waals surface area contributed by atoms with E-state index in [0.717, 1.165) is 28.9 Å². The van der Waals surface area contributed by atoms with Gasteiger partial charge in [-0.25, -0.2) is 4.98 Å². The monoisotopic (exact) mass is 293 g/mol. The van der Waals surface area contributed by atoms with Gasteiger partial charge >= 0.3 is 0 Å². The van der Waals surface area contributed by atoms with Crippen LogP contribution in [-0.4, -0.2) is 21.7 Å². The third-order valence-electron chi connectivity index (χ3n) is 2.79. The van der Waals surface area contributed by atoms with Crippen LogP contribution in [0.1, 0.15) is 31.3 Å². The Bertz CT molecular complexity index is 484. The number of benzene rings is 1. The van der Waals surface area contributed by atoms with Gasteiger partial charge in [-0.1, -0.05) is 55.9 Å². The normalized spacial score (nSPS) is 12.5. The molecule has 1 unspecified atom stereocenters. The maximum absolute atomic E-state index is 4.50. The number of nitrogens with zero attached hydrogens (tertiary/aromatic N) is 2. The van der Waals surface area contributed by atoms with Crippen molar-refractivity contribution in [3.8, 4) is 0 Å². The molecule has 102 valence electrons. The van der Waals surface area contributed by atoms with E-state index in [4.69, 9.17) is 0 Å². The molecule has 1 aromatic heterocycles. The van der Waals surface area contributed by atoms with Crippen molar-refractivity contribution in [1.82, 2.24) is 14.7 Å². The molecule has 5 heteroatoms. The molecule has 0 aliphatic rings. The summed E-state index contributed by atoms with van der Waals surface area (Å²) in [5.41, 5.74) is 1.33. The summed E-state index contributed by atoms with van der Waals surface area (Å²) in [6.07, 6.45) is 0.909. The van der Waals surface area contributed by atoms with Gasteiger partial charge < -0.3 is 5.32 Å². The van der Waals surface area contributed by atoms with Crippen molar-refractivity contribution in [2.75, 3.05) is 12.3 Å². The molecule has 2 aromatic rings. The molecule has 1 heterocycles. The molecular weight excluding hydrogens is 274 g/mol. The van der Waals surface area contributed by atoms with Crippen molar-refractivity contribution in [2.45, 2.75) is 30.6 Å². The highest BCUT2D eigenvalue weighted by Gasteiger charge is 2.12. The fourth-order valence-corrected chi connectivity index (χ4v) is 3.62. The highest BCUT2D eigenvalue weighted by molar-refractivity contribution is 8.00. The van der Waals surface area contributed by atoms with Crippen molar-refractivity contribution in [3.63, 3.8) is 0 Å². The van der Waals surface area contributed by atoms with E-state index in [2.05, 4.69) is 58.9 Å². The summed E-state index contributed by atoms with van der Waals surface area (Å²) >= 11 is 3.29. The third-order valence-corrected chi connectivity index (χ3v) is 4.76. The molecule has 0 saturated heterocycles. The van der Waals surface area contributed by atoms with Crippen molar-refractivity contribution in [1.29, 1.82) is 0 Å². The van der Waals surface area contributed by atoms with Crippen LogP contribution in [0.5, 0.6) is 0 Å². The van der Waals surface area contributed by atoms with Crippen molar-refractivity contribution >= 4 is 23.3 Å². The van der Waals surface area contributed by atoms with E-state index in [1.54, 1.807) is 11.8 Å². The van der Waals surface area contributed by atoms with Crippen molar-refractivity contribution < 1.29 is 0 Å². The smallest absolute Gasteiger partial charge is 0.170 e. The second-order valence-corrected chi connectivity index (χ2v) is 6.18. The standard InChI is InChI=1S/C14H19N3S2/c1-3-13-16-14(19-17-13)18-10-12(15-4-2)11-8-6-5-7-9-11/h5-9,12,15H,3-4,10H2,1-2H3. The molecule has 1 atom stereocenters. The SMILES string of the molecule is CCNC(CSc1nc(CC)ns1)c1ccccc1. The minimum atomic E-state index is 0.366. The van der Waals surface area contributed by atoms with Gasteiger partial charge in [-0.3, -0.25) is 0 Å². The molecule has 0 radical (unpaired) electrons. The van der Waals surface area contributed by atoms with Crippen molar-refractivity contribution in [3.05, 3.63) is 41.7 Å². The van der Waals surface area contributed by atoms with E-state index in [1.165, 1.54) is 17.1 Å². The molecule has 0 spiro atoms. The van der Waals surface area contributed by atoms with E-state index >= 15 is 0 Å². The minimum Gasteiger partial charge on any atom is -0.309 e. The highest BCUT2D eigenvalue weighted by atomic mass is 32.2. The van der Waals surface area contributed by atoms with Crippen LogP contribution in [0.25, 0.3) is 0 Å². The summed E-state index contributed by atoms with van der Waals surface area (Å²) in [4.78, 5) is 4.50. The second-order valence-electron chi connectivity index (χ2n) is 4.16. The number of thioether (sulfide) groups is 1. The molecule has 0 bridgehead atoms. The maximum atomic E-state index is 4.50. The lowest BCUT2D eigenvalue weighted by Gasteiger charge is -2.17. The number of aryl methyl sites for hydroxylation is 1. The first-order valence-electron chi connectivity index (χ1n) is 6.57. The molecule has 3 nitrogen and oxygen atoms in total. The molecule has 19 heavy (non-hydrogen) atoms. The lowest BCUT2D eigenvalue weighted by atomic mass is 10.1. The first kappa shape index (κ1) is 14.5. The molecule has 0 saturated carbocycles. The first-order valence-corrected chi connectivity index (χ1v) is 8.33. The number of aromatic nitrogens is 2. The van der Waals surface area contributed by atoms with E-state index in [1.807, 2.05) is 0 Å². The Labute approximate surface area is 123 Å². The van der Waals surface area contributed by atoms with Gasteiger partial charge in [0.2, 0.25) is 0 Å². The zero-order valence-corrected chi connectivity index (χ0v) is 12.9. The lowest BCUT2D eigenvalue weighted by molar-refractivity contribution is 0.606. The summed E-state index contributed by atoms with van der Waals surface area (Å²) < 4.78 is 5.39. The number of nitrogens with one attached hydrogen (secondary N) is 1. The predicted octanol–water partition coefficient (Wildman–Crippen LogP) is 3.54. The van der Waals surface area contributed by atoms with Crippen LogP contribution in [0.15, 0.2) is 34.7 Å². The number of hydrogen-bond acceptors (Lipinski definition) is 5. The molecule has 0 aliphatic heterocycles. The van der Waals surface area contributed by atoms with Crippen LogP contribution in [0, 0.1) is 0 Å². The number of rotatable bonds is 7. The topological polar surface area (TPSA) is 37.8 Å². The Hall–Kier alpha value is -0.910. The highest BCUT2D eigenvalue weighted by Crippen LogP contribution is 2.26. The van der Waals surface area contributed by atoms with Gasteiger partial charge in [0.25, 0.3) is 0 Å². The fraction of sp³-hybridized carbons (Fsp3) is 0.429. The third kappa shape index (κ3) is 4.30. The van der Waals surface area contributed by atoms with Gasteiger partial charge in [0.05, 0.1) is 0 Å². The average Bonchev–Trinajstić information content (AvgIpc) is 2.92. The average molecular weight is 293 g/mol. The van der Waals surface area contributed by atoms with Crippen LogP contribution in [0.3, 0.4) is 0 Å². The Morgan fingerprint density at radius 3 is 2.68 bits per heavy atom. The molecule has 0 amide bonds. The molecule has 1 aromatic carbocycles. The van der Waals surface area contributed by atoms with E-state index in [-0.39, 0.29) is 0 Å². The lowest BCUT2D eigenvalue weighted by Crippen LogP contribution is -2.22. The second kappa shape index (κ2) is 7.62. The Morgan fingerprint density at radius 1 is 1.26 bits per heavy atom. The van der Waals surface area contributed by atoms with E-state index in [0.29, 0.717) is 6.04 Å². The molecule has 2 rings (SSSR count). The summed E-state index contributed by atoms with van der Waals surface area (Å²) in [5.74, 6) is 1.93. The summed E-state index contributed by atoms with van der Waals surface area (Å²) in [5, 5.41) is 3.53. The summed E-state index contributed by atoms with van der Waals surface area (Å²) in [7, 11) is 0. The molecule has 0 fully saturated rings. The minimum absolute atomic E-state index is 0.366. The largest absolute Gasteiger partial charge is 0.309 e. The quantitative estimate of drug-likeness (QED) is 0.792. The Balaban J connectivity index is 1.97. The van der Waals surface area contributed by atoms with Gasteiger partial charge in [0.1, 0.15) is 5.82 Å². The zero-order valence-electron chi connectivity index (χ0n) is 11.3. The summed E-state index contributed by atoms with van der Waals surface area (Å²) in [6, 6.07) is 10.9. The van der Waals surface area contributed by atoms with Crippen LogP contribution >= 0.6 is 23.3 Å². The van der Waals surface area contributed by atoms with Crippen LogP contribution in [0.2, 0.25) is 0 Å². The van der Waals surface area contributed by atoms with Gasteiger partial charge in [-0.05, 0) is 23.6 Å². The fourth-order valence-electron chi connectivity index (χ4n) is 1.80.